The number of ether oxygens (including phenoxy) is 1. The molecule has 0 saturated carbocycles. The van der Waals surface area contributed by atoms with Crippen molar-refractivity contribution in [3.8, 4) is 0 Å². The first-order valence-corrected chi connectivity index (χ1v) is 5.48. The molecule has 0 aliphatic carbocycles. The maximum absolute atomic E-state index is 9.13. The van der Waals surface area contributed by atoms with Gasteiger partial charge < -0.3 is 9.84 Å². The summed E-state index contributed by atoms with van der Waals surface area (Å²) in [5.41, 5.74) is 0. The normalized spacial score (nSPS) is 27.5. The third-order valence-electron chi connectivity index (χ3n) is 2.77. The first-order chi connectivity index (χ1) is 6.18. The number of hydrogen-bond donors (Lipinski definition) is 1. The highest BCUT2D eigenvalue weighted by Gasteiger charge is 2.18. The van der Waals surface area contributed by atoms with E-state index in [1.807, 2.05) is 6.92 Å². The van der Waals surface area contributed by atoms with Crippen molar-refractivity contribution in [2.45, 2.75) is 58.2 Å². The van der Waals surface area contributed by atoms with Gasteiger partial charge in [0.2, 0.25) is 0 Å². The molecule has 0 unspecified atom stereocenters. The average molecular weight is 186 g/mol. The summed E-state index contributed by atoms with van der Waals surface area (Å²) in [5, 5.41) is 9.13. The number of aliphatic hydroxyl groups is 1. The number of hydrogen-bond acceptors (Lipinski definition) is 2. The van der Waals surface area contributed by atoms with Crippen LogP contribution in [0.15, 0.2) is 0 Å². The molecular weight excluding hydrogens is 164 g/mol. The van der Waals surface area contributed by atoms with Gasteiger partial charge in [-0.1, -0.05) is 6.92 Å². The van der Waals surface area contributed by atoms with Crippen LogP contribution < -0.4 is 0 Å². The van der Waals surface area contributed by atoms with Crippen molar-refractivity contribution < 1.29 is 9.84 Å². The zero-order chi connectivity index (χ0) is 9.68. The Bertz CT molecular complexity index is 128. The van der Waals surface area contributed by atoms with Gasteiger partial charge >= 0.3 is 0 Å². The van der Waals surface area contributed by atoms with Gasteiger partial charge in [-0.15, -0.1) is 0 Å². The van der Waals surface area contributed by atoms with Crippen LogP contribution in [0.1, 0.15) is 46.0 Å². The summed E-state index contributed by atoms with van der Waals surface area (Å²) in [4.78, 5) is 0. The monoisotopic (exact) mass is 186 g/mol. The van der Waals surface area contributed by atoms with Gasteiger partial charge in [-0.2, -0.15) is 0 Å². The van der Waals surface area contributed by atoms with E-state index in [1.165, 1.54) is 19.3 Å². The minimum Gasteiger partial charge on any atom is -0.393 e. The molecule has 2 heteroatoms. The molecule has 0 aromatic carbocycles. The lowest BCUT2D eigenvalue weighted by Gasteiger charge is -2.16. The smallest absolute Gasteiger partial charge is 0.0578 e. The minimum absolute atomic E-state index is 0.146. The van der Waals surface area contributed by atoms with Crippen LogP contribution in [0.3, 0.4) is 0 Å². The Morgan fingerprint density at radius 3 is 2.69 bits per heavy atom. The largest absolute Gasteiger partial charge is 0.393 e. The standard InChI is InChI=1S/C11H22O2/c1-9(5-6-10(2)12)8-11-4-3-7-13-11/h9-12H,3-8H2,1-2H3/t9-,10-,11+/m0/s1. The van der Waals surface area contributed by atoms with Gasteiger partial charge in [0.1, 0.15) is 0 Å². The molecule has 0 bridgehead atoms. The highest BCUT2D eigenvalue weighted by Crippen LogP contribution is 2.22. The molecule has 1 rings (SSSR count). The zero-order valence-electron chi connectivity index (χ0n) is 8.83. The molecule has 0 spiro atoms. The Morgan fingerprint density at radius 1 is 1.38 bits per heavy atom. The van der Waals surface area contributed by atoms with E-state index in [0.717, 1.165) is 19.4 Å². The Hall–Kier alpha value is -0.0800. The van der Waals surface area contributed by atoms with Crippen LogP contribution >= 0.6 is 0 Å². The van der Waals surface area contributed by atoms with Crippen molar-refractivity contribution in [2.24, 2.45) is 5.92 Å². The SMILES string of the molecule is C[C@@H](CC[C@H](C)O)C[C@H]1CCCO1. The fraction of sp³-hybridized carbons (Fsp3) is 1.00. The molecule has 0 amide bonds. The summed E-state index contributed by atoms with van der Waals surface area (Å²) in [5.74, 6) is 0.692. The predicted octanol–water partition coefficient (Wildman–Crippen LogP) is 2.35. The number of aliphatic hydroxyl groups excluding tert-OH is 1. The van der Waals surface area contributed by atoms with Gasteiger partial charge in [0.05, 0.1) is 12.2 Å². The highest BCUT2D eigenvalue weighted by molar-refractivity contribution is 4.68. The lowest BCUT2D eigenvalue weighted by Crippen LogP contribution is -2.12. The van der Waals surface area contributed by atoms with Gasteiger partial charge in [-0.3, -0.25) is 0 Å². The summed E-state index contributed by atoms with van der Waals surface area (Å²) in [6, 6.07) is 0. The molecule has 1 N–H and O–H groups in total. The van der Waals surface area contributed by atoms with Crippen molar-refractivity contribution in [1.82, 2.24) is 0 Å². The van der Waals surface area contributed by atoms with Crippen LogP contribution in [0, 0.1) is 5.92 Å². The Morgan fingerprint density at radius 2 is 2.15 bits per heavy atom. The molecule has 3 atom stereocenters. The van der Waals surface area contributed by atoms with E-state index in [2.05, 4.69) is 6.92 Å². The molecule has 1 aliphatic heterocycles. The first kappa shape index (κ1) is 11.0. The molecule has 1 aliphatic rings. The van der Waals surface area contributed by atoms with E-state index < -0.39 is 0 Å². The lowest BCUT2D eigenvalue weighted by molar-refractivity contribution is 0.0871. The summed E-state index contributed by atoms with van der Waals surface area (Å²) in [6.07, 6.45) is 6.04. The van der Waals surface area contributed by atoms with E-state index >= 15 is 0 Å². The van der Waals surface area contributed by atoms with Gasteiger partial charge in [-0.25, -0.2) is 0 Å². The van der Waals surface area contributed by atoms with Crippen molar-refractivity contribution >= 4 is 0 Å². The Kier molecular flexibility index (Phi) is 4.74. The van der Waals surface area contributed by atoms with Crippen molar-refractivity contribution in [1.29, 1.82) is 0 Å². The van der Waals surface area contributed by atoms with Crippen molar-refractivity contribution in [3.05, 3.63) is 0 Å². The highest BCUT2D eigenvalue weighted by atomic mass is 16.5. The fourth-order valence-corrected chi connectivity index (χ4v) is 1.92. The third-order valence-corrected chi connectivity index (χ3v) is 2.77. The molecule has 1 heterocycles. The molecule has 78 valence electrons. The lowest BCUT2D eigenvalue weighted by atomic mass is 9.96. The molecule has 0 aromatic heterocycles. The molecule has 1 fully saturated rings. The van der Waals surface area contributed by atoms with E-state index in [1.54, 1.807) is 0 Å². The van der Waals surface area contributed by atoms with Crippen LogP contribution in [0.5, 0.6) is 0 Å². The summed E-state index contributed by atoms with van der Waals surface area (Å²) in [7, 11) is 0. The molecular formula is C11H22O2. The minimum atomic E-state index is -0.146. The average Bonchev–Trinajstić information content (AvgIpc) is 2.53. The maximum Gasteiger partial charge on any atom is 0.0578 e. The third kappa shape index (κ3) is 4.63. The summed E-state index contributed by atoms with van der Waals surface area (Å²) < 4.78 is 5.57. The van der Waals surface area contributed by atoms with Gasteiger partial charge in [0, 0.05) is 6.61 Å². The Labute approximate surface area is 81.3 Å². The molecule has 0 aromatic rings. The second-order valence-corrected chi connectivity index (χ2v) is 4.40. The van der Waals surface area contributed by atoms with E-state index in [-0.39, 0.29) is 6.10 Å². The van der Waals surface area contributed by atoms with Crippen LogP contribution in [0.25, 0.3) is 0 Å². The fourth-order valence-electron chi connectivity index (χ4n) is 1.92. The quantitative estimate of drug-likeness (QED) is 0.714. The van der Waals surface area contributed by atoms with Crippen LogP contribution in [0.2, 0.25) is 0 Å². The van der Waals surface area contributed by atoms with Crippen LogP contribution in [0.4, 0.5) is 0 Å². The zero-order valence-corrected chi connectivity index (χ0v) is 8.83. The van der Waals surface area contributed by atoms with Gasteiger partial charge in [0.25, 0.3) is 0 Å². The topological polar surface area (TPSA) is 29.5 Å². The summed E-state index contributed by atoms with van der Waals surface area (Å²) in [6.45, 7) is 5.07. The first-order valence-electron chi connectivity index (χ1n) is 5.48. The molecule has 0 radical (unpaired) electrons. The van der Waals surface area contributed by atoms with E-state index in [0.29, 0.717) is 12.0 Å². The second kappa shape index (κ2) is 5.61. The van der Waals surface area contributed by atoms with E-state index in [9.17, 15) is 0 Å². The Balaban J connectivity index is 2.05. The molecule has 2 nitrogen and oxygen atoms in total. The van der Waals surface area contributed by atoms with Crippen molar-refractivity contribution in [2.75, 3.05) is 6.61 Å². The van der Waals surface area contributed by atoms with Crippen molar-refractivity contribution in [3.63, 3.8) is 0 Å². The molecule has 1 saturated heterocycles. The second-order valence-electron chi connectivity index (χ2n) is 4.40. The van der Waals surface area contributed by atoms with Crippen LogP contribution in [-0.4, -0.2) is 23.9 Å². The maximum atomic E-state index is 9.13. The predicted molar refractivity (Wildman–Crippen MR) is 53.7 cm³/mol. The van der Waals surface area contributed by atoms with Crippen LogP contribution in [-0.2, 0) is 4.74 Å². The van der Waals surface area contributed by atoms with E-state index in [4.69, 9.17) is 9.84 Å². The number of rotatable bonds is 5. The summed E-state index contributed by atoms with van der Waals surface area (Å²) >= 11 is 0. The molecule has 13 heavy (non-hydrogen) atoms. The van der Waals surface area contributed by atoms with Gasteiger partial charge in [0.15, 0.2) is 0 Å². The van der Waals surface area contributed by atoms with Gasteiger partial charge in [-0.05, 0) is 44.9 Å².